The van der Waals surface area contributed by atoms with Crippen LogP contribution >= 0.6 is 0 Å². The quantitative estimate of drug-likeness (QED) is 0.764. The molecule has 2 N–H and O–H groups in total. The third-order valence-electron chi connectivity index (χ3n) is 3.15. The van der Waals surface area contributed by atoms with Gasteiger partial charge in [-0.05, 0) is 37.8 Å². The van der Waals surface area contributed by atoms with Crippen LogP contribution in [0.25, 0.3) is 0 Å². The lowest BCUT2D eigenvalue weighted by molar-refractivity contribution is 0.120. The monoisotopic (exact) mass is 251 g/mol. The lowest BCUT2D eigenvalue weighted by Gasteiger charge is -2.26. The Morgan fingerprint density at radius 1 is 1.17 bits per heavy atom. The highest BCUT2D eigenvalue weighted by molar-refractivity contribution is 5.39. The number of ether oxygens (including phenoxy) is 1. The second-order valence-corrected chi connectivity index (χ2v) is 5.18. The normalized spacial score (nSPS) is 14.6. The number of hydrogen-bond acceptors (Lipinski definition) is 3. The molecule has 0 bridgehead atoms. The number of aryl methyl sites for hydroxylation is 2. The first kappa shape index (κ1) is 15.0. The summed E-state index contributed by atoms with van der Waals surface area (Å²) in [6, 6.07) is 6.17. The summed E-state index contributed by atoms with van der Waals surface area (Å²) in [6.07, 6.45) is -0.121. The highest BCUT2D eigenvalue weighted by Gasteiger charge is 2.16. The molecule has 0 aliphatic carbocycles. The first-order valence-corrected chi connectivity index (χ1v) is 6.55. The van der Waals surface area contributed by atoms with E-state index in [1.807, 2.05) is 39.0 Å². The van der Waals surface area contributed by atoms with Crippen molar-refractivity contribution in [3.63, 3.8) is 0 Å². The van der Waals surface area contributed by atoms with Crippen LogP contribution in [0.3, 0.4) is 0 Å². The maximum atomic E-state index is 9.30. The average molecular weight is 251 g/mol. The summed E-state index contributed by atoms with van der Waals surface area (Å²) in [5, 5.41) is 12.6. The molecule has 102 valence electrons. The molecule has 1 rings (SSSR count). The van der Waals surface area contributed by atoms with Gasteiger partial charge in [0, 0.05) is 6.04 Å². The van der Waals surface area contributed by atoms with Gasteiger partial charge in [0.25, 0.3) is 0 Å². The molecule has 1 aromatic rings. The lowest BCUT2D eigenvalue weighted by atomic mass is 10.1. The van der Waals surface area contributed by atoms with E-state index in [2.05, 4.69) is 19.2 Å². The van der Waals surface area contributed by atoms with E-state index < -0.39 is 0 Å². The molecule has 3 heteroatoms. The smallest absolute Gasteiger partial charge is 0.147 e. The molecule has 18 heavy (non-hydrogen) atoms. The molecule has 1 aromatic carbocycles. The molecule has 3 nitrogen and oxygen atoms in total. The van der Waals surface area contributed by atoms with E-state index in [-0.39, 0.29) is 18.9 Å². The molecular formula is C15H25NO2. The van der Waals surface area contributed by atoms with Gasteiger partial charge in [-0.25, -0.2) is 0 Å². The number of rotatable bonds is 6. The molecule has 0 amide bonds. The van der Waals surface area contributed by atoms with Crippen molar-refractivity contribution in [1.82, 2.24) is 5.32 Å². The predicted molar refractivity (Wildman–Crippen MR) is 74.9 cm³/mol. The van der Waals surface area contributed by atoms with Crippen molar-refractivity contribution < 1.29 is 9.84 Å². The average Bonchev–Trinajstić information content (AvgIpc) is 2.30. The van der Waals surface area contributed by atoms with E-state index in [0.717, 1.165) is 16.9 Å². The van der Waals surface area contributed by atoms with Gasteiger partial charge in [0.15, 0.2) is 0 Å². The van der Waals surface area contributed by atoms with Crippen LogP contribution in [0.1, 0.15) is 31.9 Å². The van der Waals surface area contributed by atoms with Crippen LogP contribution in [0.5, 0.6) is 5.75 Å². The third-order valence-corrected chi connectivity index (χ3v) is 3.15. The zero-order valence-electron chi connectivity index (χ0n) is 12.0. The van der Waals surface area contributed by atoms with Gasteiger partial charge in [0.1, 0.15) is 12.0 Å². The second-order valence-electron chi connectivity index (χ2n) is 5.18. The van der Waals surface area contributed by atoms with Crippen LogP contribution in [-0.4, -0.2) is 24.0 Å². The minimum absolute atomic E-state index is 0.0596. The Kier molecular flexibility index (Phi) is 5.63. The van der Waals surface area contributed by atoms with Crippen LogP contribution in [0.4, 0.5) is 0 Å². The maximum Gasteiger partial charge on any atom is 0.147 e. The van der Waals surface area contributed by atoms with Crippen molar-refractivity contribution in [2.24, 2.45) is 5.92 Å². The first-order chi connectivity index (χ1) is 8.45. The van der Waals surface area contributed by atoms with E-state index >= 15 is 0 Å². The van der Waals surface area contributed by atoms with E-state index in [4.69, 9.17) is 4.74 Å². The number of hydrogen-bond donors (Lipinski definition) is 2. The van der Waals surface area contributed by atoms with Crippen LogP contribution < -0.4 is 10.1 Å². The predicted octanol–water partition coefficient (Wildman–Crippen LogP) is 2.63. The Hall–Kier alpha value is -1.06. The fourth-order valence-corrected chi connectivity index (χ4v) is 1.95. The fourth-order valence-electron chi connectivity index (χ4n) is 1.95. The zero-order valence-corrected chi connectivity index (χ0v) is 12.0. The molecule has 0 spiro atoms. The highest BCUT2D eigenvalue weighted by atomic mass is 16.5. The van der Waals surface area contributed by atoms with Crippen molar-refractivity contribution in [1.29, 1.82) is 0 Å². The van der Waals surface area contributed by atoms with Gasteiger partial charge < -0.3 is 9.84 Å². The Bertz CT molecular complexity index is 357. The van der Waals surface area contributed by atoms with Gasteiger partial charge in [-0.15, -0.1) is 0 Å². The molecule has 0 heterocycles. The van der Waals surface area contributed by atoms with E-state index in [1.54, 1.807) is 0 Å². The number of para-hydroxylation sites is 1. The summed E-state index contributed by atoms with van der Waals surface area (Å²) in [4.78, 5) is 0. The van der Waals surface area contributed by atoms with E-state index in [9.17, 15) is 5.11 Å². The molecule has 2 unspecified atom stereocenters. The van der Waals surface area contributed by atoms with Crippen molar-refractivity contribution >= 4 is 0 Å². The number of aliphatic hydroxyl groups excluding tert-OH is 1. The summed E-state index contributed by atoms with van der Waals surface area (Å²) in [5.74, 6) is 1.30. The molecule has 0 aromatic heterocycles. The maximum absolute atomic E-state index is 9.30. The zero-order chi connectivity index (χ0) is 13.7. The number of nitrogens with one attached hydrogen (secondary N) is 1. The fraction of sp³-hybridized carbons (Fsp3) is 0.600. The molecular weight excluding hydrogens is 226 g/mol. The molecule has 0 aliphatic heterocycles. The van der Waals surface area contributed by atoms with Crippen molar-refractivity contribution in [2.75, 3.05) is 6.61 Å². The minimum Gasteiger partial charge on any atom is -0.475 e. The van der Waals surface area contributed by atoms with Crippen molar-refractivity contribution in [3.8, 4) is 5.75 Å². The summed E-state index contributed by atoms with van der Waals surface area (Å²) < 4.78 is 5.94. The minimum atomic E-state index is -0.121. The number of aliphatic hydroxyl groups is 1. The third kappa shape index (κ3) is 4.00. The molecule has 2 atom stereocenters. The topological polar surface area (TPSA) is 41.5 Å². The standard InChI is InChI=1S/C15H25NO2/c1-10(2)14(9-17)16-13(5)18-15-11(3)7-6-8-12(15)4/h6-8,10,13-14,16-17H,9H2,1-5H3. The van der Waals surface area contributed by atoms with Gasteiger partial charge in [-0.2, -0.15) is 0 Å². The van der Waals surface area contributed by atoms with Gasteiger partial charge in [0.05, 0.1) is 6.61 Å². The second kappa shape index (κ2) is 6.76. The Morgan fingerprint density at radius 2 is 1.72 bits per heavy atom. The Labute approximate surface area is 110 Å². The van der Waals surface area contributed by atoms with Crippen LogP contribution in [0, 0.1) is 19.8 Å². The summed E-state index contributed by atoms with van der Waals surface area (Å²) >= 11 is 0. The SMILES string of the molecule is Cc1cccc(C)c1OC(C)NC(CO)C(C)C. The summed E-state index contributed by atoms with van der Waals surface area (Å²) in [7, 11) is 0. The molecule has 0 saturated carbocycles. The van der Waals surface area contributed by atoms with Gasteiger partial charge in [-0.3, -0.25) is 5.32 Å². The van der Waals surface area contributed by atoms with Crippen LogP contribution in [0.2, 0.25) is 0 Å². The largest absolute Gasteiger partial charge is 0.475 e. The molecule has 0 fully saturated rings. The summed E-state index contributed by atoms with van der Waals surface area (Å²) in [5.41, 5.74) is 2.27. The van der Waals surface area contributed by atoms with Gasteiger partial charge in [-0.1, -0.05) is 32.0 Å². The molecule has 0 saturated heterocycles. The van der Waals surface area contributed by atoms with Crippen molar-refractivity contribution in [2.45, 2.75) is 46.9 Å². The Morgan fingerprint density at radius 3 is 2.17 bits per heavy atom. The van der Waals surface area contributed by atoms with E-state index in [1.165, 1.54) is 0 Å². The van der Waals surface area contributed by atoms with Crippen molar-refractivity contribution in [3.05, 3.63) is 29.3 Å². The van der Waals surface area contributed by atoms with Crippen LogP contribution in [-0.2, 0) is 0 Å². The van der Waals surface area contributed by atoms with Gasteiger partial charge >= 0.3 is 0 Å². The van der Waals surface area contributed by atoms with E-state index in [0.29, 0.717) is 5.92 Å². The first-order valence-electron chi connectivity index (χ1n) is 6.55. The summed E-state index contributed by atoms with van der Waals surface area (Å²) in [6.45, 7) is 10.3. The number of benzene rings is 1. The van der Waals surface area contributed by atoms with Crippen LogP contribution in [0.15, 0.2) is 18.2 Å². The Balaban J connectivity index is 2.67. The molecule has 0 radical (unpaired) electrons. The molecule has 0 aliphatic rings. The highest BCUT2D eigenvalue weighted by Crippen LogP contribution is 2.23. The lowest BCUT2D eigenvalue weighted by Crippen LogP contribution is -2.45. The van der Waals surface area contributed by atoms with Gasteiger partial charge in [0.2, 0.25) is 0 Å².